The Morgan fingerprint density at radius 3 is 2.59 bits per heavy atom. The minimum Gasteiger partial charge on any atom is -0.352 e. The first kappa shape index (κ1) is 27.3. The predicted molar refractivity (Wildman–Crippen MR) is 158 cm³/mol. The number of Topliss-reactive ketones (excluding diaryl/α,β-unsaturated/α-hetero) is 1. The molecule has 4 atom stereocenters. The number of nitrogens with zero attached hydrogens (tertiary/aromatic N) is 5. The van der Waals surface area contributed by atoms with Crippen molar-refractivity contribution in [1.29, 1.82) is 0 Å². The number of nitrogens with one attached hydrogen (secondary N) is 1. The van der Waals surface area contributed by atoms with Crippen molar-refractivity contribution in [2.75, 3.05) is 0 Å². The lowest BCUT2D eigenvalue weighted by Gasteiger charge is -2.28. The first-order valence-corrected chi connectivity index (χ1v) is 14.9. The van der Waals surface area contributed by atoms with E-state index in [1.165, 1.54) is 12.5 Å². The van der Waals surface area contributed by atoms with Crippen molar-refractivity contribution >= 4 is 39.8 Å². The number of piperidine rings is 1. The van der Waals surface area contributed by atoms with Gasteiger partial charge in [-0.05, 0) is 91.1 Å². The number of aromatic nitrogens is 4. The second-order valence-corrected chi connectivity index (χ2v) is 12.7. The van der Waals surface area contributed by atoms with Gasteiger partial charge in [-0.15, -0.1) is 0 Å². The molecule has 212 valence electrons. The number of hydrogen-bond acceptors (Lipinski definition) is 7. The van der Waals surface area contributed by atoms with E-state index >= 15 is 0 Å². The predicted octanol–water partition coefficient (Wildman–Crippen LogP) is 4.50. The number of amides is 2. The summed E-state index contributed by atoms with van der Waals surface area (Å²) in [7, 11) is 0. The van der Waals surface area contributed by atoms with Gasteiger partial charge >= 0.3 is 0 Å². The molecular weight excluding hydrogens is 536 g/mol. The quantitative estimate of drug-likeness (QED) is 0.313. The van der Waals surface area contributed by atoms with Gasteiger partial charge in [0.1, 0.15) is 24.1 Å². The van der Waals surface area contributed by atoms with Gasteiger partial charge in [-0.1, -0.05) is 6.92 Å². The van der Waals surface area contributed by atoms with Crippen LogP contribution in [0.15, 0.2) is 41.4 Å². The van der Waals surface area contributed by atoms with Crippen LogP contribution >= 0.6 is 11.3 Å². The average molecular weight is 571 g/mol. The van der Waals surface area contributed by atoms with Gasteiger partial charge in [-0.2, -0.15) is 16.4 Å². The van der Waals surface area contributed by atoms with Crippen molar-refractivity contribution < 1.29 is 14.4 Å². The van der Waals surface area contributed by atoms with E-state index in [0.717, 1.165) is 35.0 Å². The summed E-state index contributed by atoms with van der Waals surface area (Å²) in [4.78, 5) is 50.3. The zero-order valence-electron chi connectivity index (χ0n) is 24.0. The molecule has 9 nitrogen and oxygen atoms in total. The summed E-state index contributed by atoms with van der Waals surface area (Å²) in [6.45, 7) is 9.37. The van der Waals surface area contributed by atoms with Crippen LogP contribution in [0, 0.1) is 19.3 Å². The van der Waals surface area contributed by atoms with E-state index in [9.17, 15) is 14.4 Å². The van der Waals surface area contributed by atoms with Crippen molar-refractivity contribution in [3.8, 4) is 11.1 Å². The third kappa shape index (κ3) is 5.05. The minimum atomic E-state index is -0.514. The second kappa shape index (κ2) is 10.2. The van der Waals surface area contributed by atoms with Crippen LogP contribution in [-0.4, -0.2) is 60.4 Å². The van der Waals surface area contributed by atoms with Gasteiger partial charge in [-0.3, -0.25) is 19.1 Å². The summed E-state index contributed by atoms with van der Waals surface area (Å²) < 4.78 is 1.63. The van der Waals surface area contributed by atoms with Crippen LogP contribution in [0.4, 0.5) is 0 Å². The highest BCUT2D eigenvalue weighted by Crippen LogP contribution is 2.59. The molecule has 1 aliphatic carbocycles. The van der Waals surface area contributed by atoms with Crippen LogP contribution in [-0.2, 0) is 22.6 Å². The number of aryl methyl sites for hydroxylation is 2. The minimum absolute atomic E-state index is 0.0358. The van der Waals surface area contributed by atoms with E-state index < -0.39 is 6.04 Å². The zero-order valence-corrected chi connectivity index (χ0v) is 24.8. The molecule has 0 radical (unpaired) electrons. The van der Waals surface area contributed by atoms with Crippen LogP contribution in [0.25, 0.3) is 22.0 Å². The molecule has 1 unspecified atom stereocenters. The molecule has 2 amide bonds. The lowest BCUT2D eigenvalue weighted by molar-refractivity contribution is -0.140. The highest BCUT2D eigenvalue weighted by atomic mass is 32.1. The highest BCUT2D eigenvalue weighted by molar-refractivity contribution is 7.07. The van der Waals surface area contributed by atoms with E-state index in [0.29, 0.717) is 23.3 Å². The molecule has 4 aromatic rings. The van der Waals surface area contributed by atoms with Crippen LogP contribution < -0.4 is 5.32 Å². The monoisotopic (exact) mass is 570 g/mol. The molecule has 1 aromatic carbocycles. The summed E-state index contributed by atoms with van der Waals surface area (Å²) >= 11 is 1.64. The second-order valence-electron chi connectivity index (χ2n) is 11.9. The Kier molecular flexibility index (Phi) is 6.76. The molecule has 1 saturated heterocycles. The third-order valence-corrected chi connectivity index (χ3v) is 9.24. The van der Waals surface area contributed by atoms with Crippen molar-refractivity contribution in [2.45, 2.75) is 78.6 Å². The molecule has 2 aliphatic rings. The van der Waals surface area contributed by atoms with E-state index in [1.54, 1.807) is 33.3 Å². The normalized spacial score (nSPS) is 22.0. The maximum Gasteiger partial charge on any atom is 0.245 e. The smallest absolute Gasteiger partial charge is 0.245 e. The fourth-order valence-electron chi connectivity index (χ4n) is 6.33. The summed E-state index contributed by atoms with van der Waals surface area (Å²) in [5.41, 5.74) is 4.82. The van der Waals surface area contributed by atoms with E-state index in [1.807, 2.05) is 38.3 Å². The molecule has 4 heterocycles. The Balaban J connectivity index is 1.27. The van der Waals surface area contributed by atoms with E-state index in [2.05, 4.69) is 38.8 Å². The maximum atomic E-state index is 13.9. The molecule has 6 rings (SSSR count). The number of thiophene rings is 1. The van der Waals surface area contributed by atoms with Crippen LogP contribution in [0.5, 0.6) is 0 Å². The maximum absolute atomic E-state index is 13.9. The number of carbonyl (C=O) groups is 3. The lowest BCUT2D eigenvalue weighted by Crippen LogP contribution is -2.51. The Labute approximate surface area is 243 Å². The fraction of sp³-hybridized carbons (Fsp3) is 0.419. The number of likely N-dealkylation sites (tertiary alicyclic amines) is 1. The molecule has 1 saturated carbocycles. The lowest BCUT2D eigenvalue weighted by atomic mass is 10.0. The van der Waals surface area contributed by atoms with Crippen molar-refractivity contribution in [3.63, 3.8) is 0 Å². The van der Waals surface area contributed by atoms with Gasteiger partial charge in [0.15, 0.2) is 5.78 Å². The van der Waals surface area contributed by atoms with Gasteiger partial charge < -0.3 is 10.2 Å². The van der Waals surface area contributed by atoms with E-state index in [-0.39, 0.29) is 41.6 Å². The van der Waals surface area contributed by atoms with E-state index in [4.69, 9.17) is 0 Å². The molecule has 1 N–H and O–H groups in total. The summed E-state index contributed by atoms with van der Waals surface area (Å²) in [6.07, 6.45) is 5.82. The first-order valence-electron chi connectivity index (χ1n) is 14.0. The Hall–Kier alpha value is -3.92. The van der Waals surface area contributed by atoms with Crippen LogP contribution in [0.3, 0.4) is 0 Å². The number of benzene rings is 1. The van der Waals surface area contributed by atoms with Crippen LogP contribution in [0.2, 0.25) is 0 Å². The number of fused-ring (bicyclic) bond motifs is 2. The number of hydrogen-bond donors (Lipinski definition) is 1. The molecule has 3 aromatic heterocycles. The molecule has 41 heavy (non-hydrogen) atoms. The van der Waals surface area contributed by atoms with Gasteiger partial charge in [0.05, 0.1) is 5.52 Å². The zero-order chi connectivity index (χ0) is 29.1. The van der Waals surface area contributed by atoms with Gasteiger partial charge in [0.25, 0.3) is 0 Å². The van der Waals surface area contributed by atoms with Gasteiger partial charge in [0.2, 0.25) is 11.8 Å². The molecule has 0 bridgehead atoms. The summed E-state index contributed by atoms with van der Waals surface area (Å²) in [5, 5.41) is 12.6. The molecule has 1 aliphatic heterocycles. The summed E-state index contributed by atoms with van der Waals surface area (Å²) in [5.74, 6) is 0.243. The topological polar surface area (TPSA) is 110 Å². The Bertz CT molecular complexity index is 1660. The highest BCUT2D eigenvalue weighted by Gasteiger charge is 2.64. The van der Waals surface area contributed by atoms with Crippen molar-refractivity contribution in [2.24, 2.45) is 5.41 Å². The van der Waals surface area contributed by atoms with Crippen molar-refractivity contribution in [3.05, 3.63) is 64.0 Å². The Morgan fingerprint density at radius 1 is 1.15 bits per heavy atom. The molecule has 2 fully saturated rings. The third-order valence-electron chi connectivity index (χ3n) is 8.50. The number of carbonyl (C=O) groups excluding carboxylic acids is 3. The molecule has 10 heteroatoms. The fourth-order valence-corrected chi connectivity index (χ4v) is 7.01. The van der Waals surface area contributed by atoms with Gasteiger partial charge in [-0.25, -0.2) is 9.97 Å². The molecule has 0 spiro atoms. The molecular formula is C31H34N6O3S. The SMILES string of the molecule is CC(=O)c1nn(CC(=O)N2[C@H](C(=O)NC(C)Cc3ccsc3)C[C@@]3(C)C[C@@H]23)c2c(C)cc(-c3cnc(C)nc3)cc12. The first-order chi connectivity index (χ1) is 19.5. The Morgan fingerprint density at radius 2 is 1.90 bits per heavy atom. The summed E-state index contributed by atoms with van der Waals surface area (Å²) in [6, 6.07) is 5.48. The number of rotatable bonds is 8. The average Bonchev–Trinajstić information content (AvgIpc) is 3.29. The standard InChI is InChI=1S/C31H34N6O3S/c1-17-8-22(23-13-32-20(4)33-14-23)10-24-28(19(3)38)35-36(29(17)24)15-27(39)37-25(11-31(5)12-26(31)37)30(40)34-18(2)9-21-6-7-41-16-21/h6-8,10,13-14,16,18,25-26H,9,11-12,15H2,1-5H3,(H,34,40)/t18?,25-,26+,31-/m0/s1. The van der Waals surface area contributed by atoms with Gasteiger partial charge in [0, 0.05) is 42.4 Å². The van der Waals surface area contributed by atoms with Crippen LogP contribution in [0.1, 0.15) is 61.1 Å². The largest absolute Gasteiger partial charge is 0.352 e. The van der Waals surface area contributed by atoms with Crippen molar-refractivity contribution in [1.82, 2.24) is 30.0 Å². The number of ketones is 1.